The predicted octanol–water partition coefficient (Wildman–Crippen LogP) is 0.811. The van der Waals surface area contributed by atoms with Crippen molar-refractivity contribution in [1.29, 1.82) is 0 Å². The van der Waals surface area contributed by atoms with Gasteiger partial charge in [0, 0.05) is 38.4 Å². The molecule has 114 valence electrons. The number of benzene rings is 1. The summed E-state index contributed by atoms with van der Waals surface area (Å²) in [5, 5.41) is 2.77. The molecule has 21 heavy (non-hydrogen) atoms. The number of methoxy groups -OCH3 is 2. The molecule has 0 aromatic heterocycles. The van der Waals surface area contributed by atoms with Gasteiger partial charge in [-0.05, 0) is 12.1 Å². The smallest absolute Gasteiger partial charge is 0.227 e. The second-order valence-electron chi connectivity index (χ2n) is 4.89. The summed E-state index contributed by atoms with van der Waals surface area (Å²) in [5.74, 6) is 0.217. The van der Waals surface area contributed by atoms with Gasteiger partial charge in [-0.1, -0.05) is 6.07 Å². The number of amides is 2. The standard InChI is InChI=1S/C15H20N2O4/c1-20-7-6-16-15(19)11-8-14(18)17(10-11)12-4-3-5-13(9-12)21-2/h3-5,9,11H,6-8,10H2,1-2H3,(H,16,19)/t11-/m0/s1. The summed E-state index contributed by atoms with van der Waals surface area (Å²) in [6, 6.07) is 7.28. The molecule has 1 aliphatic heterocycles. The molecule has 2 rings (SSSR count). The predicted molar refractivity (Wildman–Crippen MR) is 78.3 cm³/mol. The number of nitrogens with zero attached hydrogens (tertiary/aromatic N) is 1. The van der Waals surface area contributed by atoms with E-state index in [9.17, 15) is 9.59 Å². The summed E-state index contributed by atoms with van der Waals surface area (Å²) in [4.78, 5) is 25.7. The first-order valence-corrected chi connectivity index (χ1v) is 6.86. The normalized spacial score (nSPS) is 17.9. The molecule has 1 aromatic carbocycles. The monoisotopic (exact) mass is 292 g/mol. The molecule has 1 atom stereocenters. The summed E-state index contributed by atoms with van der Waals surface area (Å²) in [6.45, 7) is 1.32. The number of anilines is 1. The highest BCUT2D eigenvalue weighted by Crippen LogP contribution is 2.27. The van der Waals surface area contributed by atoms with Crippen molar-refractivity contribution in [3.05, 3.63) is 24.3 Å². The third-order valence-electron chi connectivity index (χ3n) is 3.47. The Kier molecular flexibility index (Phi) is 5.16. The molecule has 0 spiro atoms. The molecule has 1 aliphatic rings. The maximum atomic E-state index is 12.1. The largest absolute Gasteiger partial charge is 0.497 e. The summed E-state index contributed by atoms with van der Waals surface area (Å²) < 4.78 is 10.0. The minimum atomic E-state index is -0.319. The van der Waals surface area contributed by atoms with Crippen molar-refractivity contribution in [2.45, 2.75) is 6.42 Å². The number of hydrogen-bond acceptors (Lipinski definition) is 4. The fourth-order valence-electron chi connectivity index (χ4n) is 2.33. The van der Waals surface area contributed by atoms with Crippen LogP contribution in [-0.2, 0) is 14.3 Å². The van der Waals surface area contributed by atoms with Gasteiger partial charge < -0.3 is 19.7 Å². The maximum absolute atomic E-state index is 12.1. The van der Waals surface area contributed by atoms with E-state index >= 15 is 0 Å². The van der Waals surface area contributed by atoms with Crippen LogP contribution in [0.5, 0.6) is 5.75 Å². The molecule has 0 unspecified atom stereocenters. The molecule has 1 saturated heterocycles. The zero-order valence-corrected chi connectivity index (χ0v) is 12.3. The minimum Gasteiger partial charge on any atom is -0.497 e. The summed E-state index contributed by atoms with van der Waals surface area (Å²) in [7, 11) is 3.16. The Hall–Kier alpha value is -2.08. The SMILES string of the molecule is COCCNC(=O)[C@H]1CC(=O)N(c2cccc(OC)c2)C1. The van der Waals surface area contributed by atoms with E-state index < -0.39 is 0 Å². The molecule has 6 heteroatoms. The van der Waals surface area contributed by atoms with Gasteiger partial charge in [0.1, 0.15) is 5.75 Å². The van der Waals surface area contributed by atoms with Crippen LogP contribution in [-0.4, -0.2) is 45.7 Å². The van der Waals surface area contributed by atoms with Crippen molar-refractivity contribution in [3.8, 4) is 5.75 Å². The highest BCUT2D eigenvalue weighted by atomic mass is 16.5. The van der Waals surface area contributed by atoms with Crippen LogP contribution >= 0.6 is 0 Å². The Labute approximate surface area is 124 Å². The molecule has 2 amide bonds. The zero-order chi connectivity index (χ0) is 15.2. The topological polar surface area (TPSA) is 67.9 Å². The van der Waals surface area contributed by atoms with Crippen molar-refractivity contribution in [3.63, 3.8) is 0 Å². The molecule has 0 aliphatic carbocycles. The van der Waals surface area contributed by atoms with Gasteiger partial charge in [0.05, 0.1) is 19.6 Å². The van der Waals surface area contributed by atoms with Gasteiger partial charge in [-0.2, -0.15) is 0 Å². The fraction of sp³-hybridized carbons (Fsp3) is 0.467. The lowest BCUT2D eigenvalue weighted by Crippen LogP contribution is -2.34. The first kappa shape index (κ1) is 15.3. The molecule has 1 heterocycles. The number of hydrogen-bond donors (Lipinski definition) is 1. The van der Waals surface area contributed by atoms with E-state index in [-0.39, 0.29) is 24.2 Å². The van der Waals surface area contributed by atoms with Crippen LogP contribution in [0.3, 0.4) is 0 Å². The van der Waals surface area contributed by atoms with Gasteiger partial charge in [0.15, 0.2) is 0 Å². The average molecular weight is 292 g/mol. The molecular weight excluding hydrogens is 272 g/mol. The Morgan fingerprint density at radius 3 is 2.95 bits per heavy atom. The van der Waals surface area contributed by atoms with Crippen LogP contribution in [0.4, 0.5) is 5.69 Å². The van der Waals surface area contributed by atoms with Crippen LogP contribution in [0.1, 0.15) is 6.42 Å². The first-order chi connectivity index (χ1) is 10.2. The number of carbonyl (C=O) groups excluding carboxylic acids is 2. The number of rotatable bonds is 6. The first-order valence-electron chi connectivity index (χ1n) is 6.86. The van der Waals surface area contributed by atoms with Gasteiger partial charge in [-0.15, -0.1) is 0 Å². The third kappa shape index (κ3) is 3.72. The molecule has 0 bridgehead atoms. The van der Waals surface area contributed by atoms with E-state index in [4.69, 9.17) is 9.47 Å². The number of nitrogens with one attached hydrogen (secondary N) is 1. The second kappa shape index (κ2) is 7.08. The zero-order valence-electron chi connectivity index (χ0n) is 12.3. The number of ether oxygens (including phenoxy) is 2. The quantitative estimate of drug-likeness (QED) is 0.788. The fourth-order valence-corrected chi connectivity index (χ4v) is 2.33. The van der Waals surface area contributed by atoms with E-state index in [0.717, 1.165) is 5.69 Å². The van der Waals surface area contributed by atoms with Crippen molar-refractivity contribution in [2.75, 3.05) is 38.8 Å². The minimum absolute atomic E-state index is 0.0462. The lowest BCUT2D eigenvalue weighted by atomic mass is 10.1. The molecule has 0 radical (unpaired) electrons. The lowest BCUT2D eigenvalue weighted by molar-refractivity contribution is -0.126. The summed E-state index contributed by atoms with van der Waals surface area (Å²) in [6.07, 6.45) is 0.232. The van der Waals surface area contributed by atoms with Gasteiger partial charge >= 0.3 is 0 Å². The molecular formula is C15H20N2O4. The van der Waals surface area contributed by atoms with Crippen molar-refractivity contribution >= 4 is 17.5 Å². The van der Waals surface area contributed by atoms with E-state index in [1.165, 1.54) is 0 Å². The van der Waals surface area contributed by atoms with Crippen molar-refractivity contribution in [2.24, 2.45) is 5.92 Å². The molecule has 6 nitrogen and oxygen atoms in total. The van der Waals surface area contributed by atoms with Crippen LogP contribution in [0.25, 0.3) is 0 Å². The molecule has 0 saturated carbocycles. The average Bonchev–Trinajstić information content (AvgIpc) is 2.89. The Bertz CT molecular complexity index is 518. The van der Waals surface area contributed by atoms with E-state index in [0.29, 0.717) is 25.4 Å². The lowest BCUT2D eigenvalue weighted by Gasteiger charge is -2.17. The van der Waals surface area contributed by atoms with Crippen LogP contribution < -0.4 is 15.0 Å². The Morgan fingerprint density at radius 1 is 1.43 bits per heavy atom. The maximum Gasteiger partial charge on any atom is 0.227 e. The van der Waals surface area contributed by atoms with E-state index in [1.807, 2.05) is 18.2 Å². The molecule has 1 fully saturated rings. The van der Waals surface area contributed by atoms with E-state index in [1.54, 1.807) is 25.2 Å². The van der Waals surface area contributed by atoms with Crippen LogP contribution in [0, 0.1) is 5.92 Å². The van der Waals surface area contributed by atoms with Crippen LogP contribution in [0.2, 0.25) is 0 Å². The highest BCUT2D eigenvalue weighted by Gasteiger charge is 2.35. The summed E-state index contributed by atoms with van der Waals surface area (Å²) in [5.41, 5.74) is 0.756. The van der Waals surface area contributed by atoms with Gasteiger partial charge in [-0.3, -0.25) is 9.59 Å². The number of carbonyl (C=O) groups is 2. The van der Waals surface area contributed by atoms with Crippen molar-refractivity contribution in [1.82, 2.24) is 5.32 Å². The summed E-state index contributed by atoms with van der Waals surface area (Å²) >= 11 is 0. The third-order valence-corrected chi connectivity index (χ3v) is 3.47. The Balaban J connectivity index is 2.00. The highest BCUT2D eigenvalue weighted by molar-refractivity contribution is 6.00. The van der Waals surface area contributed by atoms with E-state index in [2.05, 4.69) is 5.32 Å². The van der Waals surface area contributed by atoms with Gasteiger partial charge in [0.2, 0.25) is 11.8 Å². The molecule has 1 N–H and O–H groups in total. The van der Waals surface area contributed by atoms with Crippen LogP contribution in [0.15, 0.2) is 24.3 Å². The Morgan fingerprint density at radius 2 is 2.24 bits per heavy atom. The second-order valence-corrected chi connectivity index (χ2v) is 4.89. The van der Waals surface area contributed by atoms with Gasteiger partial charge in [-0.25, -0.2) is 0 Å². The molecule has 1 aromatic rings. The van der Waals surface area contributed by atoms with Crippen molar-refractivity contribution < 1.29 is 19.1 Å². The van der Waals surface area contributed by atoms with Gasteiger partial charge in [0.25, 0.3) is 0 Å².